The number of benzene rings is 2. The molecule has 0 saturated carbocycles. The highest BCUT2D eigenvalue weighted by atomic mass is 16.6. The van der Waals surface area contributed by atoms with Crippen LogP contribution in [-0.2, 0) is 14.9 Å². The predicted molar refractivity (Wildman–Crippen MR) is 100 cm³/mol. The number of phenols is 1. The minimum absolute atomic E-state index is 0.226. The molecule has 1 saturated heterocycles. The number of hydrogen-bond acceptors (Lipinski definition) is 4. The van der Waals surface area contributed by atoms with Crippen molar-refractivity contribution in [3.05, 3.63) is 71.3 Å². The van der Waals surface area contributed by atoms with E-state index in [0.717, 1.165) is 24.2 Å². The number of phenolic OH excluding ortho intramolecular Hbond substituents is 1. The van der Waals surface area contributed by atoms with E-state index in [2.05, 4.69) is 13.8 Å². The summed E-state index contributed by atoms with van der Waals surface area (Å²) < 4.78 is 10.6. The van der Waals surface area contributed by atoms with Gasteiger partial charge in [0.25, 0.3) is 0 Å². The molecule has 4 nitrogen and oxygen atoms in total. The first-order valence-electron chi connectivity index (χ1n) is 8.77. The van der Waals surface area contributed by atoms with Gasteiger partial charge in [0.15, 0.2) is 0 Å². The fraction of sp³-hybridized carbons (Fsp3) is 0.318. The van der Waals surface area contributed by atoms with Gasteiger partial charge in [0, 0.05) is 11.0 Å². The van der Waals surface area contributed by atoms with Crippen LogP contribution < -0.4 is 4.74 Å². The molecule has 26 heavy (non-hydrogen) atoms. The smallest absolute Gasteiger partial charge is 0.338 e. The summed E-state index contributed by atoms with van der Waals surface area (Å²) in [5.41, 5.74) is 2.56. The van der Waals surface area contributed by atoms with Gasteiger partial charge in [0.1, 0.15) is 11.5 Å². The molecule has 3 rings (SSSR count). The topological polar surface area (TPSA) is 59.1 Å². The molecule has 1 fully saturated rings. The van der Waals surface area contributed by atoms with Crippen LogP contribution in [0.5, 0.6) is 11.5 Å². The molecule has 0 aromatic heterocycles. The predicted octanol–water partition coefficient (Wildman–Crippen LogP) is 4.36. The highest BCUT2D eigenvalue weighted by Gasteiger charge is 2.23. The number of epoxide rings is 1. The summed E-state index contributed by atoms with van der Waals surface area (Å²) in [6.07, 6.45) is 2.88. The SMILES string of the molecule is C/C(=C\CC1CO1)C(=O)Oc1ccc(C(C)(C)c2ccc(O)cc2)cc1. The zero-order valence-electron chi connectivity index (χ0n) is 15.4. The van der Waals surface area contributed by atoms with Crippen LogP contribution in [0.3, 0.4) is 0 Å². The van der Waals surface area contributed by atoms with E-state index < -0.39 is 0 Å². The van der Waals surface area contributed by atoms with Crippen molar-refractivity contribution in [2.45, 2.75) is 38.7 Å². The van der Waals surface area contributed by atoms with Crippen LogP contribution in [-0.4, -0.2) is 23.8 Å². The molecule has 1 N–H and O–H groups in total. The van der Waals surface area contributed by atoms with Gasteiger partial charge in [0.05, 0.1) is 12.7 Å². The van der Waals surface area contributed by atoms with E-state index in [9.17, 15) is 9.90 Å². The zero-order valence-corrected chi connectivity index (χ0v) is 15.4. The third-order valence-corrected chi connectivity index (χ3v) is 4.79. The molecule has 1 aliphatic rings. The van der Waals surface area contributed by atoms with E-state index in [4.69, 9.17) is 9.47 Å². The highest BCUT2D eigenvalue weighted by molar-refractivity contribution is 5.89. The number of aromatic hydroxyl groups is 1. The molecule has 136 valence electrons. The summed E-state index contributed by atoms with van der Waals surface area (Å²) in [7, 11) is 0. The Labute approximate surface area is 154 Å². The average molecular weight is 352 g/mol. The molecule has 0 spiro atoms. The summed E-state index contributed by atoms with van der Waals surface area (Å²) in [6.45, 7) is 6.77. The van der Waals surface area contributed by atoms with E-state index in [1.54, 1.807) is 19.1 Å². The monoisotopic (exact) mass is 352 g/mol. The summed E-state index contributed by atoms with van der Waals surface area (Å²) in [5.74, 6) is 0.440. The van der Waals surface area contributed by atoms with Gasteiger partial charge in [0.2, 0.25) is 0 Å². The molecule has 2 aromatic carbocycles. The van der Waals surface area contributed by atoms with Gasteiger partial charge in [-0.2, -0.15) is 0 Å². The fourth-order valence-corrected chi connectivity index (χ4v) is 2.77. The standard InChI is InChI=1S/C22H24O4/c1-15(4-11-20-14-25-20)21(24)26-19-12-7-17(8-13-19)22(2,3)16-5-9-18(23)10-6-16/h4-10,12-13,20,23H,11,14H2,1-3H3/b15-4+. The van der Waals surface area contributed by atoms with Crippen LogP contribution in [0.15, 0.2) is 60.2 Å². The number of carbonyl (C=O) groups is 1. The van der Waals surface area contributed by atoms with E-state index in [1.165, 1.54) is 0 Å². The lowest BCUT2D eigenvalue weighted by molar-refractivity contribution is -0.130. The molecular weight excluding hydrogens is 328 g/mol. The van der Waals surface area contributed by atoms with Gasteiger partial charge in [-0.25, -0.2) is 4.79 Å². The zero-order chi connectivity index (χ0) is 18.7. The Morgan fingerprint density at radius 2 is 1.69 bits per heavy atom. The molecule has 2 aromatic rings. The molecular formula is C22H24O4. The first-order chi connectivity index (χ1) is 12.4. The molecule has 0 bridgehead atoms. The lowest BCUT2D eigenvalue weighted by atomic mass is 9.78. The van der Waals surface area contributed by atoms with Crippen molar-refractivity contribution < 1.29 is 19.4 Å². The number of ether oxygens (including phenoxy) is 2. The third kappa shape index (κ3) is 4.33. The van der Waals surface area contributed by atoms with Crippen molar-refractivity contribution >= 4 is 5.97 Å². The third-order valence-electron chi connectivity index (χ3n) is 4.79. The summed E-state index contributed by atoms with van der Waals surface area (Å²) in [4.78, 5) is 12.1. The minimum atomic E-state index is -0.337. The quantitative estimate of drug-likeness (QED) is 0.363. The first-order valence-corrected chi connectivity index (χ1v) is 8.77. The lowest BCUT2D eigenvalue weighted by Gasteiger charge is -2.26. The molecule has 1 aliphatic heterocycles. The van der Waals surface area contributed by atoms with Crippen LogP contribution >= 0.6 is 0 Å². The first kappa shape index (κ1) is 18.2. The van der Waals surface area contributed by atoms with Gasteiger partial charge in [-0.3, -0.25) is 0 Å². The maximum atomic E-state index is 12.1. The summed E-state index contributed by atoms with van der Waals surface area (Å²) in [5, 5.41) is 9.47. The molecule has 0 amide bonds. The highest BCUT2D eigenvalue weighted by Crippen LogP contribution is 2.33. The number of esters is 1. The Balaban J connectivity index is 1.68. The van der Waals surface area contributed by atoms with Crippen molar-refractivity contribution in [1.29, 1.82) is 0 Å². The van der Waals surface area contributed by atoms with Crippen LogP contribution in [0.1, 0.15) is 38.3 Å². The van der Waals surface area contributed by atoms with Crippen molar-refractivity contribution in [2.24, 2.45) is 0 Å². The van der Waals surface area contributed by atoms with E-state index >= 15 is 0 Å². The van der Waals surface area contributed by atoms with Crippen LogP contribution in [0.2, 0.25) is 0 Å². The molecule has 4 heteroatoms. The van der Waals surface area contributed by atoms with Crippen LogP contribution in [0, 0.1) is 0 Å². The maximum Gasteiger partial charge on any atom is 0.338 e. The molecule has 0 aliphatic carbocycles. The Kier molecular flexibility index (Phi) is 5.14. The number of rotatable bonds is 6. The van der Waals surface area contributed by atoms with Crippen molar-refractivity contribution in [3.8, 4) is 11.5 Å². The minimum Gasteiger partial charge on any atom is -0.508 e. The van der Waals surface area contributed by atoms with E-state index in [-0.39, 0.29) is 23.2 Å². The second-order valence-corrected chi connectivity index (χ2v) is 7.16. The Morgan fingerprint density at radius 3 is 2.23 bits per heavy atom. The van der Waals surface area contributed by atoms with E-state index in [1.807, 2.05) is 42.5 Å². The largest absolute Gasteiger partial charge is 0.508 e. The maximum absolute atomic E-state index is 12.1. The second kappa shape index (κ2) is 7.34. The van der Waals surface area contributed by atoms with Crippen LogP contribution in [0.25, 0.3) is 0 Å². The van der Waals surface area contributed by atoms with Crippen LogP contribution in [0.4, 0.5) is 0 Å². The number of hydrogen-bond donors (Lipinski definition) is 1. The number of carbonyl (C=O) groups excluding carboxylic acids is 1. The van der Waals surface area contributed by atoms with Crippen molar-refractivity contribution in [1.82, 2.24) is 0 Å². The molecule has 1 heterocycles. The molecule has 1 atom stereocenters. The van der Waals surface area contributed by atoms with Crippen molar-refractivity contribution in [2.75, 3.05) is 6.61 Å². The second-order valence-electron chi connectivity index (χ2n) is 7.16. The van der Waals surface area contributed by atoms with Gasteiger partial charge in [-0.05, 0) is 48.7 Å². The molecule has 0 radical (unpaired) electrons. The molecule has 1 unspecified atom stereocenters. The normalized spacial score (nSPS) is 17.0. The Hall–Kier alpha value is -2.59. The fourth-order valence-electron chi connectivity index (χ4n) is 2.77. The Morgan fingerprint density at radius 1 is 1.15 bits per heavy atom. The van der Waals surface area contributed by atoms with Gasteiger partial charge in [-0.1, -0.05) is 44.2 Å². The lowest BCUT2D eigenvalue weighted by Crippen LogP contribution is -2.18. The van der Waals surface area contributed by atoms with Gasteiger partial charge < -0.3 is 14.6 Å². The Bertz CT molecular complexity index is 797. The van der Waals surface area contributed by atoms with Gasteiger partial charge >= 0.3 is 5.97 Å². The van der Waals surface area contributed by atoms with Crippen molar-refractivity contribution in [3.63, 3.8) is 0 Å². The van der Waals surface area contributed by atoms with Gasteiger partial charge in [-0.15, -0.1) is 0 Å². The average Bonchev–Trinajstić information content (AvgIpc) is 3.45. The summed E-state index contributed by atoms with van der Waals surface area (Å²) >= 11 is 0. The summed E-state index contributed by atoms with van der Waals surface area (Å²) in [6, 6.07) is 14.8. The van der Waals surface area contributed by atoms with E-state index in [0.29, 0.717) is 11.3 Å².